The number of aromatic nitrogens is 1. The van der Waals surface area contributed by atoms with Crippen LogP contribution in [0.4, 0.5) is 4.79 Å². The first-order valence-corrected chi connectivity index (χ1v) is 12.5. The van der Waals surface area contributed by atoms with Gasteiger partial charge in [-0.3, -0.25) is 0 Å². The van der Waals surface area contributed by atoms with Crippen LogP contribution in [-0.2, 0) is 21.3 Å². The Bertz CT molecular complexity index is 1440. The number of carbonyl (C=O) groups is 1. The van der Waals surface area contributed by atoms with Crippen LogP contribution in [0.25, 0.3) is 22.2 Å². The molecule has 0 aliphatic carbocycles. The predicted molar refractivity (Wildman–Crippen MR) is 133 cm³/mol. The molecule has 0 N–H and O–H groups in total. The summed E-state index contributed by atoms with van der Waals surface area (Å²) in [6, 6.07) is 17.5. The largest absolute Gasteiger partial charge is 0.497 e. The third-order valence-electron chi connectivity index (χ3n) is 5.25. The molecule has 35 heavy (non-hydrogen) atoms. The molecule has 2 aromatic heterocycles. The van der Waals surface area contributed by atoms with Gasteiger partial charge in [-0.15, -0.1) is 0 Å². The molecule has 0 saturated carbocycles. The maximum absolute atomic E-state index is 13.7. The Labute approximate surface area is 204 Å². The van der Waals surface area contributed by atoms with Crippen molar-refractivity contribution in [3.05, 3.63) is 72.4 Å². The van der Waals surface area contributed by atoms with Crippen molar-refractivity contribution >= 4 is 27.1 Å². The van der Waals surface area contributed by atoms with E-state index in [1.165, 1.54) is 21.1 Å². The van der Waals surface area contributed by atoms with E-state index in [4.69, 9.17) is 13.9 Å². The summed E-state index contributed by atoms with van der Waals surface area (Å²) in [5.74, 6) is 0.587. The van der Waals surface area contributed by atoms with Crippen LogP contribution in [0.2, 0.25) is 0 Å². The van der Waals surface area contributed by atoms with Crippen molar-refractivity contribution in [2.75, 3.05) is 14.2 Å². The van der Waals surface area contributed by atoms with Gasteiger partial charge in [0.1, 0.15) is 16.9 Å². The SMILES string of the molecule is COc1cccc(-c2cc(CN(C)C(=O)OC(C)(C)C)cn2S(=O)(=O)c2cc3ccccc3o2)c1. The smallest absolute Gasteiger partial charge is 0.410 e. The first-order chi connectivity index (χ1) is 16.5. The van der Waals surface area contributed by atoms with Crippen molar-refractivity contribution < 1.29 is 27.1 Å². The minimum Gasteiger partial charge on any atom is -0.497 e. The Morgan fingerprint density at radius 3 is 2.49 bits per heavy atom. The molecule has 184 valence electrons. The Balaban J connectivity index is 1.78. The standard InChI is InChI=1S/C26H28N2O6S/c1-26(2,3)34-25(29)27(4)16-18-13-22(19-10-8-11-21(14-19)32-5)28(17-18)35(30,31)24-15-20-9-6-7-12-23(20)33-24/h6-15,17H,16H2,1-5H3. The number of hydrogen-bond donors (Lipinski definition) is 0. The lowest BCUT2D eigenvalue weighted by molar-refractivity contribution is 0.0285. The third-order valence-corrected chi connectivity index (χ3v) is 6.78. The monoisotopic (exact) mass is 496 g/mol. The van der Waals surface area contributed by atoms with E-state index in [0.29, 0.717) is 33.5 Å². The number of para-hydroxylation sites is 1. The van der Waals surface area contributed by atoms with E-state index >= 15 is 0 Å². The first kappa shape index (κ1) is 24.4. The molecule has 0 spiro atoms. The molecule has 0 bridgehead atoms. The van der Waals surface area contributed by atoms with Crippen LogP contribution in [0.15, 0.2) is 76.4 Å². The molecule has 0 atom stereocenters. The summed E-state index contributed by atoms with van der Waals surface area (Å²) in [6.45, 7) is 5.51. The lowest BCUT2D eigenvalue weighted by Crippen LogP contribution is -2.33. The van der Waals surface area contributed by atoms with E-state index in [2.05, 4.69) is 0 Å². The number of fused-ring (bicyclic) bond motifs is 1. The van der Waals surface area contributed by atoms with Crippen LogP contribution in [-0.4, -0.2) is 43.1 Å². The fraction of sp³-hybridized carbons (Fsp3) is 0.269. The van der Waals surface area contributed by atoms with Crippen LogP contribution in [0.5, 0.6) is 5.75 Å². The van der Waals surface area contributed by atoms with Gasteiger partial charge in [0.15, 0.2) is 0 Å². The fourth-order valence-corrected chi connectivity index (χ4v) is 4.99. The zero-order valence-electron chi connectivity index (χ0n) is 20.3. The molecular weight excluding hydrogens is 468 g/mol. The highest BCUT2D eigenvalue weighted by atomic mass is 32.2. The van der Waals surface area contributed by atoms with Crippen molar-refractivity contribution in [3.8, 4) is 17.0 Å². The number of furan rings is 1. The Hall–Kier alpha value is -3.72. The lowest BCUT2D eigenvalue weighted by Gasteiger charge is -2.24. The van der Waals surface area contributed by atoms with E-state index in [0.717, 1.165) is 0 Å². The highest BCUT2D eigenvalue weighted by Gasteiger charge is 2.27. The molecule has 4 rings (SSSR count). The number of ether oxygens (including phenoxy) is 2. The molecule has 2 aromatic carbocycles. The van der Waals surface area contributed by atoms with Gasteiger partial charge in [0.05, 0.1) is 19.3 Å². The molecule has 0 fully saturated rings. The minimum absolute atomic E-state index is 0.147. The van der Waals surface area contributed by atoms with E-state index < -0.39 is 21.7 Å². The number of amides is 1. The molecule has 1 amide bonds. The topological polar surface area (TPSA) is 91.0 Å². The van der Waals surface area contributed by atoms with E-state index in [1.807, 2.05) is 6.07 Å². The van der Waals surface area contributed by atoms with Gasteiger partial charge in [-0.25, -0.2) is 8.77 Å². The van der Waals surface area contributed by atoms with E-state index in [-0.39, 0.29) is 11.6 Å². The molecule has 8 nitrogen and oxygen atoms in total. The lowest BCUT2D eigenvalue weighted by atomic mass is 10.1. The second-order valence-corrected chi connectivity index (χ2v) is 11.0. The van der Waals surface area contributed by atoms with Crippen molar-refractivity contribution in [1.29, 1.82) is 0 Å². The molecule has 0 unspecified atom stereocenters. The summed E-state index contributed by atoms with van der Waals surface area (Å²) in [5.41, 5.74) is 1.49. The summed E-state index contributed by atoms with van der Waals surface area (Å²) in [7, 11) is -0.941. The number of methoxy groups -OCH3 is 1. The average Bonchev–Trinajstić information content (AvgIpc) is 3.43. The summed E-state index contributed by atoms with van der Waals surface area (Å²) >= 11 is 0. The second kappa shape index (κ2) is 9.14. The molecule has 0 aliphatic rings. The predicted octanol–water partition coefficient (Wildman–Crippen LogP) is 5.51. The van der Waals surface area contributed by atoms with Crippen molar-refractivity contribution in [1.82, 2.24) is 8.87 Å². The molecule has 2 heterocycles. The Kier molecular flexibility index (Phi) is 6.38. The first-order valence-electron chi connectivity index (χ1n) is 11.0. The van der Waals surface area contributed by atoms with Gasteiger partial charge in [0.2, 0.25) is 5.09 Å². The summed E-state index contributed by atoms with van der Waals surface area (Å²) < 4.78 is 45.0. The average molecular weight is 497 g/mol. The molecule has 4 aromatic rings. The molecular formula is C26H28N2O6S. The van der Waals surface area contributed by atoms with Gasteiger partial charge in [-0.2, -0.15) is 8.42 Å². The number of nitrogens with zero attached hydrogens (tertiary/aromatic N) is 2. The van der Waals surface area contributed by atoms with Crippen LogP contribution in [0.3, 0.4) is 0 Å². The normalized spacial score (nSPS) is 12.0. The summed E-state index contributed by atoms with van der Waals surface area (Å²) in [5, 5.41) is 0.511. The molecule has 0 radical (unpaired) electrons. The minimum atomic E-state index is -4.09. The Morgan fingerprint density at radius 2 is 1.80 bits per heavy atom. The summed E-state index contributed by atoms with van der Waals surface area (Å²) in [4.78, 5) is 13.9. The fourth-order valence-electron chi connectivity index (χ4n) is 3.63. The number of hydrogen-bond acceptors (Lipinski definition) is 6. The second-order valence-electron chi connectivity index (χ2n) is 9.21. The Morgan fingerprint density at radius 1 is 1.06 bits per heavy atom. The van der Waals surface area contributed by atoms with Gasteiger partial charge in [0, 0.05) is 30.3 Å². The third kappa shape index (κ3) is 5.19. The quantitative estimate of drug-likeness (QED) is 0.349. The highest BCUT2D eigenvalue weighted by molar-refractivity contribution is 7.89. The highest BCUT2D eigenvalue weighted by Crippen LogP contribution is 2.32. The maximum Gasteiger partial charge on any atom is 0.410 e. The van der Waals surface area contributed by atoms with Gasteiger partial charge in [-0.05, 0) is 50.6 Å². The van der Waals surface area contributed by atoms with Crippen LogP contribution in [0.1, 0.15) is 26.3 Å². The molecule has 0 saturated heterocycles. The number of benzene rings is 2. The van der Waals surface area contributed by atoms with Crippen molar-refractivity contribution in [2.45, 2.75) is 38.0 Å². The van der Waals surface area contributed by atoms with Crippen LogP contribution >= 0.6 is 0 Å². The van der Waals surface area contributed by atoms with Crippen molar-refractivity contribution in [2.24, 2.45) is 0 Å². The van der Waals surface area contributed by atoms with E-state index in [1.54, 1.807) is 83.5 Å². The van der Waals surface area contributed by atoms with Crippen molar-refractivity contribution in [3.63, 3.8) is 0 Å². The van der Waals surface area contributed by atoms with Crippen LogP contribution < -0.4 is 4.74 Å². The van der Waals surface area contributed by atoms with E-state index in [9.17, 15) is 13.2 Å². The maximum atomic E-state index is 13.7. The van der Waals surface area contributed by atoms with Gasteiger partial charge >= 0.3 is 16.1 Å². The molecule has 9 heteroatoms. The van der Waals surface area contributed by atoms with Gasteiger partial charge in [-0.1, -0.05) is 30.3 Å². The number of rotatable bonds is 6. The van der Waals surface area contributed by atoms with Gasteiger partial charge in [0.25, 0.3) is 0 Å². The van der Waals surface area contributed by atoms with Crippen LogP contribution in [0, 0.1) is 0 Å². The summed E-state index contributed by atoms with van der Waals surface area (Å²) in [6.07, 6.45) is 0.992. The zero-order chi connectivity index (χ0) is 25.4. The zero-order valence-corrected chi connectivity index (χ0v) is 21.1. The van der Waals surface area contributed by atoms with Gasteiger partial charge < -0.3 is 18.8 Å². The number of carbonyl (C=O) groups excluding carboxylic acids is 1. The molecule has 0 aliphatic heterocycles.